The van der Waals surface area contributed by atoms with Gasteiger partial charge in [-0.2, -0.15) is 5.10 Å². The molecule has 0 spiro atoms. The monoisotopic (exact) mass is 335 g/mol. The Morgan fingerprint density at radius 3 is 2.55 bits per heavy atom. The summed E-state index contributed by atoms with van der Waals surface area (Å²) in [5.41, 5.74) is 3.90. The molecule has 1 heterocycles. The lowest BCUT2D eigenvalue weighted by molar-refractivity contribution is 0.582. The Kier molecular flexibility index (Phi) is 5.38. The van der Waals surface area contributed by atoms with E-state index >= 15 is 0 Å². The summed E-state index contributed by atoms with van der Waals surface area (Å²) in [4.78, 5) is 0. The molecule has 0 aliphatic heterocycles. The molecule has 3 nitrogen and oxygen atoms in total. The summed E-state index contributed by atoms with van der Waals surface area (Å²) in [6.07, 6.45) is 3.00. The molecule has 0 unspecified atom stereocenters. The van der Waals surface area contributed by atoms with Gasteiger partial charge in [-0.25, -0.2) is 0 Å². The number of benzene rings is 1. The summed E-state index contributed by atoms with van der Waals surface area (Å²) in [5, 5.41) is 8.01. The quantitative estimate of drug-likeness (QED) is 0.871. The Hall–Kier alpha value is -1.13. The third-order valence-corrected chi connectivity index (χ3v) is 3.85. The standard InChI is InChI=1S/C16H22BrN3/c1-4-16-14(9-18-12(2)3)10-19-20(16)11-13-5-7-15(17)8-6-13/h5-8,10,12,18H,4,9,11H2,1-3H3. The summed E-state index contributed by atoms with van der Waals surface area (Å²) in [6, 6.07) is 8.92. The van der Waals surface area contributed by atoms with Gasteiger partial charge in [-0.15, -0.1) is 0 Å². The van der Waals surface area contributed by atoms with Gasteiger partial charge < -0.3 is 5.32 Å². The molecule has 0 radical (unpaired) electrons. The summed E-state index contributed by atoms with van der Waals surface area (Å²) in [5.74, 6) is 0. The molecular formula is C16H22BrN3. The Balaban J connectivity index is 2.13. The van der Waals surface area contributed by atoms with Crippen LogP contribution in [0, 0.1) is 0 Å². The number of hydrogen-bond donors (Lipinski definition) is 1. The predicted octanol–water partition coefficient (Wildman–Crippen LogP) is 3.75. The Morgan fingerprint density at radius 2 is 1.95 bits per heavy atom. The highest BCUT2D eigenvalue weighted by Gasteiger charge is 2.09. The van der Waals surface area contributed by atoms with Crippen LogP contribution in [0.25, 0.3) is 0 Å². The Bertz CT molecular complexity index is 543. The first-order valence-corrected chi connectivity index (χ1v) is 7.90. The Labute approximate surface area is 129 Å². The second-order valence-electron chi connectivity index (χ2n) is 5.29. The van der Waals surface area contributed by atoms with E-state index in [0.717, 1.165) is 24.0 Å². The molecule has 1 aromatic carbocycles. The van der Waals surface area contributed by atoms with Gasteiger partial charge in [0.15, 0.2) is 0 Å². The molecule has 0 aliphatic carbocycles. The lowest BCUT2D eigenvalue weighted by Gasteiger charge is -2.10. The summed E-state index contributed by atoms with van der Waals surface area (Å²) in [6.45, 7) is 8.24. The molecule has 0 fully saturated rings. The minimum atomic E-state index is 0.495. The fraction of sp³-hybridized carbons (Fsp3) is 0.438. The van der Waals surface area contributed by atoms with Gasteiger partial charge in [0.05, 0.1) is 12.7 Å². The summed E-state index contributed by atoms with van der Waals surface area (Å²) >= 11 is 3.47. The second kappa shape index (κ2) is 7.04. The number of aromatic nitrogens is 2. The molecule has 0 saturated heterocycles. The number of rotatable bonds is 6. The van der Waals surface area contributed by atoms with Crippen LogP contribution in [-0.2, 0) is 19.5 Å². The molecule has 0 atom stereocenters. The van der Waals surface area contributed by atoms with Crippen molar-refractivity contribution in [2.45, 2.75) is 46.3 Å². The van der Waals surface area contributed by atoms with Crippen LogP contribution in [0.1, 0.15) is 37.6 Å². The highest BCUT2D eigenvalue weighted by Crippen LogP contribution is 2.15. The van der Waals surface area contributed by atoms with Crippen molar-refractivity contribution in [3.8, 4) is 0 Å². The zero-order valence-electron chi connectivity index (χ0n) is 12.4. The van der Waals surface area contributed by atoms with Crippen LogP contribution in [0.3, 0.4) is 0 Å². The van der Waals surface area contributed by atoms with Crippen molar-refractivity contribution in [2.75, 3.05) is 0 Å². The molecule has 0 aliphatic rings. The molecule has 2 aromatic rings. The molecule has 0 saturated carbocycles. The third kappa shape index (κ3) is 3.93. The lowest BCUT2D eigenvalue weighted by atomic mass is 10.2. The SMILES string of the molecule is CCc1c(CNC(C)C)cnn1Cc1ccc(Br)cc1. The Morgan fingerprint density at radius 1 is 1.25 bits per heavy atom. The van der Waals surface area contributed by atoms with Gasteiger partial charge in [-0.3, -0.25) is 4.68 Å². The van der Waals surface area contributed by atoms with Crippen LogP contribution in [0.5, 0.6) is 0 Å². The smallest absolute Gasteiger partial charge is 0.0662 e. The highest BCUT2D eigenvalue weighted by molar-refractivity contribution is 9.10. The van der Waals surface area contributed by atoms with E-state index in [2.05, 4.69) is 76.1 Å². The highest BCUT2D eigenvalue weighted by atomic mass is 79.9. The van der Waals surface area contributed by atoms with Gasteiger partial charge >= 0.3 is 0 Å². The maximum atomic E-state index is 4.55. The average molecular weight is 336 g/mol. The summed E-state index contributed by atoms with van der Waals surface area (Å²) < 4.78 is 3.22. The topological polar surface area (TPSA) is 29.9 Å². The molecule has 108 valence electrons. The van der Waals surface area contributed by atoms with Crippen molar-refractivity contribution in [2.24, 2.45) is 0 Å². The van der Waals surface area contributed by atoms with Crippen LogP contribution in [0.2, 0.25) is 0 Å². The van der Waals surface area contributed by atoms with Crippen molar-refractivity contribution >= 4 is 15.9 Å². The van der Waals surface area contributed by atoms with E-state index < -0.39 is 0 Å². The van der Waals surface area contributed by atoms with Crippen LogP contribution >= 0.6 is 15.9 Å². The molecule has 0 bridgehead atoms. The van der Waals surface area contributed by atoms with Crippen molar-refractivity contribution in [1.82, 2.24) is 15.1 Å². The fourth-order valence-corrected chi connectivity index (χ4v) is 2.48. The summed E-state index contributed by atoms with van der Waals surface area (Å²) in [7, 11) is 0. The number of nitrogens with zero attached hydrogens (tertiary/aromatic N) is 2. The molecule has 20 heavy (non-hydrogen) atoms. The van der Waals surface area contributed by atoms with Gasteiger partial charge in [-0.05, 0) is 24.1 Å². The average Bonchev–Trinajstić information content (AvgIpc) is 2.81. The van der Waals surface area contributed by atoms with Crippen molar-refractivity contribution in [3.63, 3.8) is 0 Å². The number of halogens is 1. The van der Waals surface area contributed by atoms with Crippen molar-refractivity contribution in [1.29, 1.82) is 0 Å². The second-order valence-corrected chi connectivity index (χ2v) is 6.21. The van der Waals surface area contributed by atoms with E-state index in [1.54, 1.807) is 0 Å². The van der Waals surface area contributed by atoms with E-state index in [1.165, 1.54) is 16.8 Å². The molecule has 1 N–H and O–H groups in total. The molecule has 4 heteroatoms. The molecular weight excluding hydrogens is 314 g/mol. The first-order valence-electron chi connectivity index (χ1n) is 7.11. The zero-order valence-corrected chi connectivity index (χ0v) is 13.9. The largest absolute Gasteiger partial charge is 0.310 e. The van der Waals surface area contributed by atoms with E-state index in [-0.39, 0.29) is 0 Å². The van der Waals surface area contributed by atoms with Crippen LogP contribution in [-0.4, -0.2) is 15.8 Å². The first-order chi connectivity index (χ1) is 9.60. The predicted molar refractivity (Wildman–Crippen MR) is 86.8 cm³/mol. The van der Waals surface area contributed by atoms with Gasteiger partial charge in [0.1, 0.15) is 0 Å². The van der Waals surface area contributed by atoms with Gasteiger partial charge in [-0.1, -0.05) is 48.8 Å². The van der Waals surface area contributed by atoms with Crippen molar-refractivity contribution < 1.29 is 0 Å². The maximum Gasteiger partial charge on any atom is 0.0662 e. The van der Waals surface area contributed by atoms with E-state index in [0.29, 0.717) is 6.04 Å². The normalized spacial score (nSPS) is 11.2. The van der Waals surface area contributed by atoms with E-state index in [4.69, 9.17) is 0 Å². The van der Waals surface area contributed by atoms with Crippen molar-refractivity contribution in [3.05, 3.63) is 51.8 Å². The molecule has 1 aromatic heterocycles. The van der Waals surface area contributed by atoms with Crippen LogP contribution in [0.4, 0.5) is 0 Å². The zero-order chi connectivity index (χ0) is 14.5. The first kappa shape index (κ1) is 15.3. The van der Waals surface area contributed by atoms with Gasteiger partial charge in [0, 0.05) is 28.3 Å². The minimum absolute atomic E-state index is 0.495. The minimum Gasteiger partial charge on any atom is -0.310 e. The number of nitrogens with one attached hydrogen (secondary N) is 1. The van der Waals surface area contributed by atoms with Gasteiger partial charge in [0.25, 0.3) is 0 Å². The fourth-order valence-electron chi connectivity index (χ4n) is 2.22. The lowest BCUT2D eigenvalue weighted by Crippen LogP contribution is -2.22. The van der Waals surface area contributed by atoms with Crippen LogP contribution < -0.4 is 5.32 Å². The van der Waals surface area contributed by atoms with E-state index in [1.807, 2.05) is 6.20 Å². The molecule has 0 amide bonds. The third-order valence-electron chi connectivity index (χ3n) is 3.32. The van der Waals surface area contributed by atoms with Gasteiger partial charge in [0.2, 0.25) is 0 Å². The maximum absolute atomic E-state index is 4.55. The number of hydrogen-bond acceptors (Lipinski definition) is 2. The van der Waals surface area contributed by atoms with Crippen LogP contribution in [0.15, 0.2) is 34.9 Å². The molecule has 2 rings (SSSR count). The van der Waals surface area contributed by atoms with E-state index in [9.17, 15) is 0 Å².